The number of benzene rings is 2. The summed E-state index contributed by atoms with van der Waals surface area (Å²) in [6, 6.07) is 10.9. The number of amides is 1. The van der Waals surface area contributed by atoms with Gasteiger partial charge in [0.05, 0.1) is 24.4 Å². The van der Waals surface area contributed by atoms with Crippen molar-refractivity contribution in [2.75, 3.05) is 32.7 Å². The standard InChI is InChI=1S/C35H41BrN2O6/c1-8-38-23-15-34(2,3)17-25(39)31(23)30(32-24(38)16-35(4,5)18-26(32)40)20-13-21(36)33(28(14-20)43-7)44-19-29(41)37-22-11-9-10-12-27(22)42-6/h9-14,30H,8,15-19H2,1-7H3,(H,37,41). The molecule has 0 spiro atoms. The Labute approximate surface area is 267 Å². The van der Waals surface area contributed by atoms with Crippen LogP contribution in [0.25, 0.3) is 0 Å². The number of anilines is 1. The number of para-hydroxylation sites is 2. The van der Waals surface area contributed by atoms with Gasteiger partial charge in [-0.3, -0.25) is 14.4 Å². The van der Waals surface area contributed by atoms with Gasteiger partial charge in [-0.1, -0.05) is 39.8 Å². The van der Waals surface area contributed by atoms with E-state index in [1.54, 1.807) is 25.3 Å². The molecule has 2 aromatic carbocycles. The minimum absolute atomic E-state index is 0.0762. The first-order valence-corrected chi connectivity index (χ1v) is 15.8. The van der Waals surface area contributed by atoms with Crippen LogP contribution in [0.3, 0.4) is 0 Å². The van der Waals surface area contributed by atoms with Gasteiger partial charge < -0.3 is 24.4 Å². The molecule has 0 radical (unpaired) electrons. The van der Waals surface area contributed by atoms with Gasteiger partial charge >= 0.3 is 0 Å². The Morgan fingerprint density at radius 2 is 1.48 bits per heavy atom. The molecule has 2 aliphatic carbocycles. The number of ether oxygens (including phenoxy) is 3. The fourth-order valence-electron chi connectivity index (χ4n) is 6.88. The lowest BCUT2D eigenvalue weighted by Crippen LogP contribution is -2.44. The van der Waals surface area contributed by atoms with Crippen LogP contribution >= 0.6 is 15.9 Å². The fraction of sp³-hybridized carbons (Fsp3) is 0.457. The van der Waals surface area contributed by atoms with Crippen LogP contribution in [0.15, 0.2) is 63.4 Å². The molecule has 0 atom stereocenters. The predicted molar refractivity (Wildman–Crippen MR) is 173 cm³/mol. The molecule has 234 valence electrons. The maximum Gasteiger partial charge on any atom is 0.262 e. The van der Waals surface area contributed by atoms with Gasteiger partial charge in [0, 0.05) is 47.8 Å². The molecule has 0 saturated carbocycles. The maximum absolute atomic E-state index is 13.9. The number of methoxy groups -OCH3 is 2. The zero-order chi connectivity index (χ0) is 32.0. The number of carbonyl (C=O) groups is 3. The predicted octanol–water partition coefficient (Wildman–Crippen LogP) is 7.19. The van der Waals surface area contributed by atoms with Crippen molar-refractivity contribution in [2.24, 2.45) is 10.8 Å². The smallest absolute Gasteiger partial charge is 0.262 e. The van der Waals surface area contributed by atoms with Crippen LogP contribution in [0.5, 0.6) is 17.2 Å². The molecular formula is C35H41BrN2O6. The van der Waals surface area contributed by atoms with Gasteiger partial charge in [0.1, 0.15) is 5.75 Å². The third-order valence-corrected chi connectivity index (χ3v) is 9.24. The zero-order valence-corrected chi connectivity index (χ0v) is 28.1. The van der Waals surface area contributed by atoms with Crippen molar-refractivity contribution in [1.82, 2.24) is 4.90 Å². The summed E-state index contributed by atoms with van der Waals surface area (Å²) in [6.07, 6.45) is 2.35. The van der Waals surface area contributed by atoms with Gasteiger partial charge in [-0.15, -0.1) is 0 Å². The minimum Gasteiger partial charge on any atom is -0.495 e. The van der Waals surface area contributed by atoms with Gasteiger partial charge in [-0.2, -0.15) is 0 Å². The number of carbonyl (C=O) groups excluding carboxylic acids is 3. The number of nitrogens with one attached hydrogen (secondary N) is 1. The second-order valence-corrected chi connectivity index (χ2v) is 14.2. The van der Waals surface area contributed by atoms with E-state index in [9.17, 15) is 14.4 Å². The van der Waals surface area contributed by atoms with E-state index in [1.807, 2.05) is 18.2 Å². The molecular weight excluding hydrogens is 624 g/mol. The van der Waals surface area contributed by atoms with Crippen molar-refractivity contribution in [3.05, 3.63) is 69.0 Å². The van der Waals surface area contributed by atoms with Gasteiger partial charge in [-0.25, -0.2) is 0 Å². The Balaban J connectivity index is 1.54. The highest BCUT2D eigenvalue weighted by atomic mass is 79.9. The van der Waals surface area contributed by atoms with E-state index in [0.717, 1.165) is 29.8 Å². The summed E-state index contributed by atoms with van der Waals surface area (Å²) in [5, 5.41) is 2.81. The number of allylic oxidation sites excluding steroid dienone is 4. The summed E-state index contributed by atoms with van der Waals surface area (Å²) in [5.74, 6) is 0.571. The molecule has 3 aliphatic rings. The van der Waals surface area contributed by atoms with E-state index in [2.05, 4.69) is 60.8 Å². The lowest BCUT2D eigenvalue weighted by molar-refractivity contribution is -0.120. The first-order valence-electron chi connectivity index (χ1n) is 15.0. The van der Waals surface area contributed by atoms with E-state index >= 15 is 0 Å². The van der Waals surface area contributed by atoms with Gasteiger partial charge in [0.25, 0.3) is 5.91 Å². The molecule has 9 heteroatoms. The van der Waals surface area contributed by atoms with Gasteiger partial charge in [0.2, 0.25) is 0 Å². The molecule has 1 N–H and O–H groups in total. The Hall–Kier alpha value is -3.59. The second-order valence-electron chi connectivity index (χ2n) is 13.4. The Morgan fingerprint density at radius 3 is 2.02 bits per heavy atom. The number of hydrogen-bond donors (Lipinski definition) is 1. The summed E-state index contributed by atoms with van der Waals surface area (Å²) >= 11 is 3.64. The monoisotopic (exact) mass is 664 g/mol. The highest BCUT2D eigenvalue weighted by Crippen LogP contribution is 2.55. The van der Waals surface area contributed by atoms with Gasteiger partial charge in [-0.05, 0) is 76.4 Å². The van der Waals surface area contributed by atoms with Crippen molar-refractivity contribution in [3.8, 4) is 17.2 Å². The second kappa shape index (κ2) is 12.1. The summed E-state index contributed by atoms with van der Waals surface area (Å²) in [5.41, 5.74) is 4.40. The average Bonchev–Trinajstić information content (AvgIpc) is 2.94. The molecule has 44 heavy (non-hydrogen) atoms. The zero-order valence-electron chi connectivity index (χ0n) is 26.6. The van der Waals surface area contributed by atoms with Crippen LogP contribution < -0.4 is 19.5 Å². The van der Waals surface area contributed by atoms with Crippen molar-refractivity contribution in [3.63, 3.8) is 0 Å². The van der Waals surface area contributed by atoms with Crippen LogP contribution in [0.2, 0.25) is 0 Å². The minimum atomic E-state index is -0.511. The van der Waals surface area contributed by atoms with Crippen molar-refractivity contribution >= 4 is 39.1 Å². The third kappa shape index (κ3) is 6.03. The lowest BCUT2D eigenvalue weighted by Gasteiger charge is -2.49. The maximum atomic E-state index is 13.9. The number of Topliss-reactive ketones (excluding diaryl/α,β-unsaturated/α-hetero) is 2. The number of halogens is 1. The molecule has 2 aromatic rings. The molecule has 1 aliphatic heterocycles. The van der Waals surface area contributed by atoms with Crippen LogP contribution in [0.1, 0.15) is 71.8 Å². The third-order valence-electron chi connectivity index (χ3n) is 8.65. The Morgan fingerprint density at radius 1 is 0.909 bits per heavy atom. The molecule has 0 bridgehead atoms. The van der Waals surface area contributed by atoms with Crippen LogP contribution in [-0.2, 0) is 14.4 Å². The summed E-state index contributed by atoms with van der Waals surface area (Å²) < 4.78 is 17.6. The van der Waals surface area contributed by atoms with Crippen LogP contribution in [0, 0.1) is 10.8 Å². The van der Waals surface area contributed by atoms with E-state index in [4.69, 9.17) is 14.2 Å². The quantitative estimate of drug-likeness (QED) is 0.319. The largest absolute Gasteiger partial charge is 0.495 e. The van der Waals surface area contributed by atoms with Crippen molar-refractivity contribution in [1.29, 1.82) is 0 Å². The molecule has 1 amide bonds. The molecule has 8 nitrogen and oxygen atoms in total. The molecule has 0 saturated heterocycles. The topological polar surface area (TPSA) is 94.2 Å². The van der Waals surface area contributed by atoms with Crippen LogP contribution in [0.4, 0.5) is 5.69 Å². The highest BCUT2D eigenvalue weighted by molar-refractivity contribution is 9.10. The Kier molecular flexibility index (Phi) is 8.73. The lowest BCUT2D eigenvalue weighted by atomic mass is 9.63. The van der Waals surface area contributed by atoms with E-state index < -0.39 is 5.92 Å². The number of rotatable bonds is 8. The number of hydrogen-bond acceptors (Lipinski definition) is 7. The van der Waals surface area contributed by atoms with Crippen molar-refractivity contribution < 1.29 is 28.6 Å². The van der Waals surface area contributed by atoms with E-state index in [0.29, 0.717) is 57.9 Å². The molecule has 5 rings (SSSR count). The van der Waals surface area contributed by atoms with Crippen molar-refractivity contribution in [2.45, 2.75) is 66.2 Å². The number of nitrogens with zero attached hydrogens (tertiary/aromatic N) is 1. The average molecular weight is 666 g/mol. The summed E-state index contributed by atoms with van der Waals surface area (Å²) in [7, 11) is 3.07. The molecule has 0 unspecified atom stereocenters. The van der Waals surface area contributed by atoms with Crippen LogP contribution in [-0.4, -0.2) is 49.7 Å². The van der Waals surface area contributed by atoms with E-state index in [-0.39, 0.29) is 34.9 Å². The number of ketones is 2. The normalized spacial score (nSPS) is 19.4. The fourth-order valence-corrected chi connectivity index (χ4v) is 7.46. The SMILES string of the molecule is CCN1C2=C(C(=O)CC(C)(C)C2)C(c2cc(Br)c(OCC(=O)Nc3ccccc3OC)c(OC)c2)C2=C1CC(C)(C)CC2=O. The first-order chi connectivity index (χ1) is 20.8. The first kappa shape index (κ1) is 31.8. The Bertz CT molecular complexity index is 1530. The molecule has 1 heterocycles. The molecule has 0 fully saturated rings. The molecule has 0 aromatic heterocycles. The van der Waals surface area contributed by atoms with Gasteiger partial charge in [0.15, 0.2) is 29.7 Å². The summed E-state index contributed by atoms with van der Waals surface area (Å²) in [4.78, 5) is 42.9. The van der Waals surface area contributed by atoms with E-state index in [1.165, 1.54) is 7.11 Å². The summed E-state index contributed by atoms with van der Waals surface area (Å²) in [6.45, 7) is 11.0. The highest BCUT2D eigenvalue weighted by Gasteiger charge is 2.48.